The molecular formula is C45H39N3O5S. The predicted octanol–water partition coefficient (Wildman–Crippen LogP) is 9.55. The van der Waals surface area contributed by atoms with Gasteiger partial charge in [0.15, 0.2) is 0 Å². The molecule has 6 rings (SSSR count). The summed E-state index contributed by atoms with van der Waals surface area (Å²) >= 11 is 1.35. The minimum atomic E-state index is -0.618. The molecular weight excluding hydrogens is 695 g/mol. The number of nitrogens with one attached hydrogen (secondary N) is 3. The van der Waals surface area contributed by atoms with Crippen LogP contribution >= 0.6 is 11.8 Å². The van der Waals surface area contributed by atoms with Crippen molar-refractivity contribution >= 4 is 46.9 Å². The van der Waals surface area contributed by atoms with E-state index in [-0.39, 0.29) is 11.6 Å². The van der Waals surface area contributed by atoms with Crippen LogP contribution in [-0.2, 0) is 16.2 Å². The monoisotopic (exact) mass is 733 g/mol. The minimum Gasteiger partial charge on any atom is -0.492 e. The van der Waals surface area contributed by atoms with Gasteiger partial charge in [0.05, 0.1) is 12.3 Å². The lowest BCUT2D eigenvalue weighted by Gasteiger charge is -2.19. The molecule has 0 aromatic heterocycles. The van der Waals surface area contributed by atoms with Crippen LogP contribution in [0.5, 0.6) is 11.5 Å². The summed E-state index contributed by atoms with van der Waals surface area (Å²) < 4.78 is 11.7. The number of thioether (sulfide) groups is 1. The number of benzene rings is 6. The summed E-state index contributed by atoms with van der Waals surface area (Å²) in [6.07, 6.45) is 1.62. The Bertz CT molecular complexity index is 2190. The Balaban J connectivity index is 1.21. The zero-order chi connectivity index (χ0) is 37.5. The first-order valence-corrected chi connectivity index (χ1v) is 18.3. The van der Waals surface area contributed by atoms with Crippen LogP contribution in [0.2, 0.25) is 0 Å². The summed E-state index contributed by atoms with van der Waals surface area (Å²) in [4.78, 5) is 41.7. The first-order chi connectivity index (χ1) is 26.4. The quantitative estimate of drug-likeness (QED) is 0.0718. The smallest absolute Gasteiger partial charge is 0.272 e. The van der Waals surface area contributed by atoms with Crippen molar-refractivity contribution in [2.24, 2.45) is 0 Å². The predicted molar refractivity (Wildman–Crippen MR) is 215 cm³/mol. The fraction of sp³-hybridized carbons (Fsp3) is 0.0889. The second-order valence-electron chi connectivity index (χ2n) is 12.0. The number of carbonyl (C=O) groups is 3. The van der Waals surface area contributed by atoms with Crippen LogP contribution in [0.25, 0.3) is 6.08 Å². The van der Waals surface area contributed by atoms with E-state index in [1.54, 1.807) is 42.5 Å². The first kappa shape index (κ1) is 37.2. The molecule has 0 aliphatic heterocycles. The van der Waals surface area contributed by atoms with Crippen molar-refractivity contribution in [3.8, 4) is 11.5 Å². The van der Waals surface area contributed by atoms with Crippen molar-refractivity contribution in [3.63, 3.8) is 0 Å². The highest BCUT2D eigenvalue weighted by molar-refractivity contribution is 8.00. The van der Waals surface area contributed by atoms with E-state index in [0.717, 1.165) is 16.0 Å². The average Bonchev–Trinajstić information content (AvgIpc) is 3.21. The van der Waals surface area contributed by atoms with Crippen LogP contribution in [-0.4, -0.2) is 24.3 Å². The molecule has 0 aliphatic rings. The van der Waals surface area contributed by atoms with Gasteiger partial charge in [0.25, 0.3) is 11.8 Å². The van der Waals surface area contributed by atoms with Crippen LogP contribution in [0, 0.1) is 0 Å². The number of amides is 3. The summed E-state index contributed by atoms with van der Waals surface area (Å²) in [5.41, 5.74) is 4.08. The second-order valence-corrected chi connectivity index (χ2v) is 13.2. The van der Waals surface area contributed by atoms with Gasteiger partial charge in [-0.2, -0.15) is 0 Å². The number of rotatable bonds is 15. The van der Waals surface area contributed by atoms with Gasteiger partial charge in [0, 0.05) is 16.1 Å². The maximum Gasteiger partial charge on any atom is 0.272 e. The van der Waals surface area contributed by atoms with Crippen LogP contribution in [0.15, 0.2) is 174 Å². The normalized spacial score (nSPS) is 11.5. The number of hydrogen-bond donors (Lipinski definition) is 3. The Morgan fingerprint density at radius 1 is 0.685 bits per heavy atom. The third-order valence-corrected chi connectivity index (χ3v) is 9.35. The van der Waals surface area contributed by atoms with E-state index in [1.165, 1.54) is 11.8 Å². The van der Waals surface area contributed by atoms with Gasteiger partial charge in [-0.15, -0.1) is 11.8 Å². The van der Waals surface area contributed by atoms with Gasteiger partial charge in [-0.25, -0.2) is 0 Å². The molecule has 1 atom stereocenters. The molecule has 6 aromatic rings. The molecule has 6 aromatic carbocycles. The Morgan fingerprint density at radius 2 is 1.35 bits per heavy atom. The zero-order valence-electron chi connectivity index (χ0n) is 29.6. The van der Waals surface area contributed by atoms with E-state index in [2.05, 4.69) is 16.0 Å². The Morgan fingerprint density at radius 3 is 2.07 bits per heavy atom. The van der Waals surface area contributed by atoms with E-state index in [4.69, 9.17) is 9.47 Å². The van der Waals surface area contributed by atoms with E-state index in [0.29, 0.717) is 47.2 Å². The van der Waals surface area contributed by atoms with Gasteiger partial charge in [-0.1, -0.05) is 109 Å². The van der Waals surface area contributed by atoms with Crippen molar-refractivity contribution < 1.29 is 23.9 Å². The number of hydrogen-bond acceptors (Lipinski definition) is 6. The van der Waals surface area contributed by atoms with Crippen molar-refractivity contribution in [2.45, 2.75) is 23.7 Å². The van der Waals surface area contributed by atoms with Gasteiger partial charge in [-0.05, 0) is 84.3 Å². The van der Waals surface area contributed by atoms with Gasteiger partial charge in [-0.3, -0.25) is 14.4 Å². The van der Waals surface area contributed by atoms with E-state index >= 15 is 0 Å². The lowest BCUT2D eigenvalue weighted by molar-refractivity contribution is -0.116. The summed E-state index contributed by atoms with van der Waals surface area (Å²) in [6.45, 7) is 2.78. The lowest BCUT2D eigenvalue weighted by atomic mass is 10.1. The maximum atomic E-state index is 13.9. The van der Waals surface area contributed by atoms with Crippen molar-refractivity contribution in [2.75, 3.05) is 17.2 Å². The SMILES string of the molecule is CCOc1ccccc1NC(=O)C(Sc1cccc(NC(=O)/C(=C\c2ccc(OCc3ccccc3)cc2)NC(=O)c2ccccc2)c1)c1ccccc1. The van der Waals surface area contributed by atoms with Crippen LogP contribution in [0.3, 0.4) is 0 Å². The Kier molecular flexibility index (Phi) is 12.9. The molecule has 8 nitrogen and oxygen atoms in total. The minimum absolute atomic E-state index is 0.0503. The number of carbonyl (C=O) groups excluding carboxylic acids is 3. The maximum absolute atomic E-state index is 13.9. The molecule has 0 fully saturated rings. The fourth-order valence-corrected chi connectivity index (χ4v) is 6.53. The Hall–Kier alpha value is -6.58. The summed E-state index contributed by atoms with van der Waals surface area (Å²) in [5, 5.41) is 8.15. The number of para-hydroxylation sites is 2. The van der Waals surface area contributed by atoms with Crippen LogP contribution < -0.4 is 25.4 Å². The molecule has 0 aliphatic carbocycles. The third-order valence-electron chi connectivity index (χ3n) is 8.10. The molecule has 0 radical (unpaired) electrons. The van der Waals surface area contributed by atoms with E-state index in [9.17, 15) is 14.4 Å². The second kappa shape index (κ2) is 18.8. The van der Waals surface area contributed by atoms with Gasteiger partial charge in [0.2, 0.25) is 5.91 Å². The summed E-state index contributed by atoms with van der Waals surface area (Å²) in [7, 11) is 0. The molecule has 0 heterocycles. The highest BCUT2D eigenvalue weighted by Crippen LogP contribution is 2.38. The van der Waals surface area contributed by atoms with Crippen molar-refractivity contribution in [3.05, 3.63) is 192 Å². The molecule has 270 valence electrons. The fourth-order valence-electron chi connectivity index (χ4n) is 5.44. The summed E-state index contributed by atoms with van der Waals surface area (Å²) in [6, 6.07) is 49.9. The highest BCUT2D eigenvalue weighted by Gasteiger charge is 2.24. The molecule has 3 amide bonds. The number of anilines is 2. The van der Waals surface area contributed by atoms with Crippen molar-refractivity contribution in [1.29, 1.82) is 0 Å². The van der Waals surface area contributed by atoms with E-state index in [1.807, 2.05) is 134 Å². The molecule has 3 N–H and O–H groups in total. The third kappa shape index (κ3) is 10.5. The lowest BCUT2D eigenvalue weighted by Crippen LogP contribution is -2.30. The average molecular weight is 734 g/mol. The van der Waals surface area contributed by atoms with Crippen LogP contribution in [0.1, 0.15) is 39.2 Å². The standard InChI is InChI=1S/C45H39N3O5S/c1-2-52-41-24-13-12-23-39(41)47-45(51)42(34-17-8-4-9-18-34)54-38-22-14-21-36(30-38)46-44(50)40(48-43(49)35-19-10-5-11-20-35)29-32-25-27-37(28-26-32)53-31-33-15-6-3-7-16-33/h3-30,42H,2,31H2,1H3,(H,46,50)(H,47,51)(H,48,49)/b40-29+. The van der Waals surface area contributed by atoms with Gasteiger partial charge < -0.3 is 25.4 Å². The van der Waals surface area contributed by atoms with Crippen molar-refractivity contribution in [1.82, 2.24) is 5.32 Å². The molecule has 0 saturated heterocycles. The van der Waals surface area contributed by atoms with E-state index < -0.39 is 17.1 Å². The van der Waals surface area contributed by atoms with Crippen LogP contribution in [0.4, 0.5) is 11.4 Å². The van der Waals surface area contributed by atoms with Gasteiger partial charge >= 0.3 is 0 Å². The molecule has 9 heteroatoms. The molecule has 1 unspecified atom stereocenters. The highest BCUT2D eigenvalue weighted by atomic mass is 32.2. The zero-order valence-corrected chi connectivity index (χ0v) is 30.4. The molecule has 0 saturated carbocycles. The Labute approximate surface area is 319 Å². The number of ether oxygens (including phenoxy) is 2. The first-order valence-electron chi connectivity index (χ1n) is 17.5. The largest absolute Gasteiger partial charge is 0.492 e. The molecule has 0 bridgehead atoms. The summed E-state index contributed by atoms with van der Waals surface area (Å²) in [5.74, 6) is 0.0941. The molecule has 54 heavy (non-hydrogen) atoms. The molecule has 0 spiro atoms. The topological polar surface area (TPSA) is 106 Å². The van der Waals surface area contributed by atoms with Gasteiger partial charge in [0.1, 0.15) is 29.1 Å².